The second-order valence-electron chi connectivity index (χ2n) is 4.81. The minimum Gasteiger partial charge on any atom is -0.432 e. The molecule has 110 valence electrons. The van der Waals surface area contributed by atoms with Crippen LogP contribution in [0.3, 0.4) is 0 Å². The molecule has 0 unspecified atom stereocenters. The van der Waals surface area contributed by atoms with Gasteiger partial charge in [0.1, 0.15) is 5.75 Å². The number of thiocarbonyl (C=S) groups is 1. The van der Waals surface area contributed by atoms with Crippen LogP contribution in [0.2, 0.25) is 0 Å². The molecule has 22 heavy (non-hydrogen) atoms. The van der Waals surface area contributed by atoms with Crippen LogP contribution in [-0.2, 0) is 0 Å². The van der Waals surface area contributed by atoms with Crippen LogP contribution in [0.4, 0.5) is 0 Å². The number of ether oxygens (including phenoxy) is 1. The first-order valence-electron chi connectivity index (χ1n) is 6.55. The number of nitriles is 1. The lowest BCUT2D eigenvalue weighted by Crippen LogP contribution is -2.24. The molecule has 5 heteroatoms. The first kappa shape index (κ1) is 15.7. The summed E-state index contributed by atoms with van der Waals surface area (Å²) in [5, 5.41) is 9.23. The second-order valence-corrected chi connectivity index (χ2v) is 5.16. The largest absolute Gasteiger partial charge is 0.432 e. The summed E-state index contributed by atoms with van der Waals surface area (Å²) in [6, 6.07) is 15.4. The zero-order valence-electron chi connectivity index (χ0n) is 12.2. The van der Waals surface area contributed by atoms with Crippen molar-refractivity contribution < 1.29 is 9.53 Å². The van der Waals surface area contributed by atoms with Crippen molar-refractivity contribution in [2.75, 3.05) is 14.1 Å². The predicted octanol–water partition coefficient (Wildman–Crippen LogP) is 3.01. The highest BCUT2D eigenvalue weighted by molar-refractivity contribution is 7.80. The van der Waals surface area contributed by atoms with Crippen molar-refractivity contribution in [1.29, 1.82) is 5.26 Å². The Balaban J connectivity index is 2.18. The lowest BCUT2D eigenvalue weighted by molar-refractivity contribution is 0.103. The minimum atomic E-state index is -0.140. The topological polar surface area (TPSA) is 53.3 Å². The van der Waals surface area contributed by atoms with Crippen molar-refractivity contribution in [3.8, 4) is 11.8 Å². The fourth-order valence-corrected chi connectivity index (χ4v) is 1.86. The molecular formula is C17H14N2O2S. The summed E-state index contributed by atoms with van der Waals surface area (Å²) in [5.74, 6) is 0.430. The van der Waals surface area contributed by atoms with Crippen molar-refractivity contribution in [1.82, 2.24) is 4.90 Å². The van der Waals surface area contributed by atoms with Crippen LogP contribution in [0.1, 0.15) is 21.5 Å². The summed E-state index contributed by atoms with van der Waals surface area (Å²) >= 11 is 5.05. The SMILES string of the molecule is CN(C)C(=S)Oc1ccc(C(=O)c2cccc(C#N)c2)cc1. The van der Waals surface area contributed by atoms with E-state index in [9.17, 15) is 4.79 Å². The number of ketones is 1. The molecule has 0 fully saturated rings. The summed E-state index contributed by atoms with van der Waals surface area (Å²) in [4.78, 5) is 14.1. The normalized spacial score (nSPS) is 9.68. The first-order valence-corrected chi connectivity index (χ1v) is 6.96. The molecule has 0 saturated carbocycles. The van der Waals surface area contributed by atoms with Gasteiger partial charge in [-0.3, -0.25) is 4.79 Å². The van der Waals surface area contributed by atoms with E-state index < -0.39 is 0 Å². The van der Waals surface area contributed by atoms with Crippen molar-refractivity contribution in [2.45, 2.75) is 0 Å². The molecule has 2 aromatic rings. The van der Waals surface area contributed by atoms with Crippen molar-refractivity contribution >= 4 is 23.2 Å². The Bertz CT molecular complexity index is 746. The number of benzene rings is 2. The molecule has 0 amide bonds. The molecule has 0 aliphatic rings. The fourth-order valence-electron chi connectivity index (χ4n) is 1.76. The zero-order chi connectivity index (χ0) is 16.1. The van der Waals surface area contributed by atoms with Gasteiger partial charge in [0.05, 0.1) is 11.6 Å². The van der Waals surface area contributed by atoms with Gasteiger partial charge in [-0.05, 0) is 48.6 Å². The molecule has 0 N–H and O–H groups in total. The Labute approximate surface area is 134 Å². The van der Waals surface area contributed by atoms with Crippen molar-refractivity contribution in [2.24, 2.45) is 0 Å². The summed E-state index contributed by atoms with van der Waals surface area (Å²) in [6.45, 7) is 0. The van der Waals surface area contributed by atoms with Gasteiger partial charge in [-0.2, -0.15) is 5.26 Å². The molecule has 0 aromatic heterocycles. The number of rotatable bonds is 3. The minimum absolute atomic E-state index is 0.140. The Morgan fingerprint density at radius 1 is 1.14 bits per heavy atom. The molecule has 2 aromatic carbocycles. The highest BCUT2D eigenvalue weighted by Gasteiger charge is 2.10. The van der Waals surface area contributed by atoms with Crippen molar-refractivity contribution in [3.05, 3.63) is 65.2 Å². The van der Waals surface area contributed by atoms with E-state index in [2.05, 4.69) is 0 Å². The maximum atomic E-state index is 12.4. The number of carbonyl (C=O) groups is 1. The zero-order valence-corrected chi connectivity index (χ0v) is 13.1. The lowest BCUT2D eigenvalue weighted by atomic mass is 10.0. The van der Waals surface area contributed by atoms with E-state index in [0.717, 1.165) is 0 Å². The van der Waals surface area contributed by atoms with Gasteiger partial charge < -0.3 is 9.64 Å². The molecule has 0 saturated heterocycles. The Hall–Kier alpha value is -2.71. The molecule has 0 aliphatic carbocycles. The summed E-state index contributed by atoms with van der Waals surface area (Å²) in [6.07, 6.45) is 0. The van der Waals surface area contributed by atoms with Crippen LogP contribution < -0.4 is 4.74 Å². The van der Waals surface area contributed by atoms with E-state index in [1.165, 1.54) is 0 Å². The van der Waals surface area contributed by atoms with Crippen LogP contribution >= 0.6 is 12.2 Å². The highest BCUT2D eigenvalue weighted by Crippen LogP contribution is 2.16. The van der Waals surface area contributed by atoms with Gasteiger partial charge in [0.2, 0.25) is 0 Å². The summed E-state index contributed by atoms with van der Waals surface area (Å²) in [5.41, 5.74) is 1.47. The van der Waals surface area contributed by atoms with Gasteiger partial charge in [-0.1, -0.05) is 12.1 Å². The van der Waals surface area contributed by atoms with Crippen LogP contribution in [-0.4, -0.2) is 30.0 Å². The molecule has 0 radical (unpaired) electrons. The van der Waals surface area contributed by atoms with Gasteiger partial charge in [-0.25, -0.2) is 0 Å². The van der Waals surface area contributed by atoms with Gasteiger partial charge in [0, 0.05) is 25.2 Å². The summed E-state index contributed by atoms with van der Waals surface area (Å²) < 4.78 is 5.46. The Morgan fingerprint density at radius 3 is 2.41 bits per heavy atom. The maximum Gasteiger partial charge on any atom is 0.264 e. The van der Waals surface area contributed by atoms with Crippen LogP contribution in [0.25, 0.3) is 0 Å². The smallest absolute Gasteiger partial charge is 0.264 e. The van der Waals surface area contributed by atoms with Gasteiger partial charge in [-0.15, -0.1) is 0 Å². The maximum absolute atomic E-state index is 12.4. The molecule has 0 spiro atoms. The molecular weight excluding hydrogens is 296 g/mol. The molecule has 0 heterocycles. The van der Waals surface area contributed by atoms with Crippen LogP contribution in [0.15, 0.2) is 48.5 Å². The second kappa shape index (κ2) is 6.83. The number of hydrogen-bond acceptors (Lipinski definition) is 4. The van der Waals surface area contributed by atoms with Gasteiger partial charge >= 0.3 is 0 Å². The monoisotopic (exact) mass is 310 g/mol. The molecule has 0 bridgehead atoms. The van der Waals surface area contributed by atoms with Crippen molar-refractivity contribution in [3.63, 3.8) is 0 Å². The van der Waals surface area contributed by atoms with E-state index in [0.29, 0.717) is 27.6 Å². The first-order chi connectivity index (χ1) is 10.5. The van der Waals surface area contributed by atoms with Gasteiger partial charge in [0.15, 0.2) is 5.78 Å². The Morgan fingerprint density at radius 2 is 1.82 bits per heavy atom. The fraction of sp³-hybridized carbons (Fsp3) is 0.118. The van der Waals surface area contributed by atoms with Crippen LogP contribution in [0, 0.1) is 11.3 Å². The van der Waals surface area contributed by atoms with E-state index in [4.69, 9.17) is 22.2 Å². The average molecular weight is 310 g/mol. The number of nitrogens with zero attached hydrogens (tertiary/aromatic N) is 2. The quantitative estimate of drug-likeness (QED) is 0.644. The third-order valence-corrected chi connectivity index (χ3v) is 3.39. The molecule has 0 aliphatic heterocycles. The molecule has 0 atom stereocenters. The number of carbonyl (C=O) groups excluding carboxylic acids is 1. The van der Waals surface area contributed by atoms with Gasteiger partial charge in [0.25, 0.3) is 5.17 Å². The third kappa shape index (κ3) is 3.68. The molecule has 4 nitrogen and oxygen atoms in total. The third-order valence-electron chi connectivity index (χ3n) is 2.94. The van der Waals surface area contributed by atoms with E-state index >= 15 is 0 Å². The number of hydrogen-bond donors (Lipinski definition) is 0. The molecule has 2 rings (SSSR count). The average Bonchev–Trinajstić information content (AvgIpc) is 2.54. The lowest BCUT2D eigenvalue weighted by Gasteiger charge is -2.14. The summed E-state index contributed by atoms with van der Waals surface area (Å²) in [7, 11) is 3.59. The van der Waals surface area contributed by atoms with E-state index in [-0.39, 0.29) is 5.78 Å². The van der Waals surface area contributed by atoms with E-state index in [1.807, 2.05) is 6.07 Å². The van der Waals surface area contributed by atoms with Crippen LogP contribution in [0.5, 0.6) is 5.75 Å². The highest BCUT2D eigenvalue weighted by atomic mass is 32.1. The standard InChI is InChI=1S/C17H14N2O2S/c1-19(2)17(22)21-15-8-6-13(7-9-15)16(20)14-5-3-4-12(10-14)11-18/h3-10H,1-2H3. The Kier molecular flexibility index (Phi) is 4.87. The predicted molar refractivity (Wildman–Crippen MR) is 87.9 cm³/mol. The van der Waals surface area contributed by atoms with E-state index in [1.54, 1.807) is 67.5 Å².